The number of rotatable bonds is 9. The average molecular weight is 419 g/mol. The Morgan fingerprint density at radius 1 is 1.10 bits per heavy atom. The van der Waals surface area contributed by atoms with E-state index in [2.05, 4.69) is 5.32 Å². The van der Waals surface area contributed by atoms with Crippen LogP contribution in [0.3, 0.4) is 0 Å². The van der Waals surface area contributed by atoms with Gasteiger partial charge in [0.2, 0.25) is 5.91 Å². The van der Waals surface area contributed by atoms with E-state index in [-0.39, 0.29) is 29.1 Å². The van der Waals surface area contributed by atoms with Gasteiger partial charge < -0.3 is 10.1 Å². The minimum absolute atomic E-state index is 0.0245. The lowest BCUT2D eigenvalue weighted by molar-refractivity contribution is -0.120. The smallest absolute Gasteiger partial charge is 0.268 e. The van der Waals surface area contributed by atoms with Crippen molar-refractivity contribution >= 4 is 21.6 Å². The van der Waals surface area contributed by atoms with E-state index in [1.165, 1.54) is 7.11 Å². The normalized spacial score (nSPS) is 12.3. The first kappa shape index (κ1) is 22.7. The summed E-state index contributed by atoms with van der Waals surface area (Å²) in [7, 11) is -2.60. The van der Waals surface area contributed by atoms with Crippen LogP contribution in [0.15, 0.2) is 47.4 Å². The molecule has 1 amide bonds. The largest absolute Gasteiger partial charge is 0.495 e. The van der Waals surface area contributed by atoms with E-state index >= 15 is 0 Å². The molecule has 0 unspecified atom stereocenters. The van der Waals surface area contributed by atoms with Crippen LogP contribution >= 0.6 is 0 Å². The molecular formula is C22H30N2O4S. The number of hydrogen-bond acceptors (Lipinski definition) is 4. The number of nitrogens with one attached hydrogen (secondary N) is 1. The van der Waals surface area contributed by atoms with Gasteiger partial charge in [0.25, 0.3) is 10.0 Å². The Hall–Kier alpha value is -2.54. The lowest BCUT2D eigenvalue weighted by Crippen LogP contribution is -2.43. The Kier molecular flexibility index (Phi) is 7.67. The Bertz CT molecular complexity index is 940. The molecular weight excluding hydrogens is 388 g/mol. The highest BCUT2D eigenvalue weighted by Gasteiger charge is 2.30. The maximum absolute atomic E-state index is 13.6. The molecule has 158 valence electrons. The van der Waals surface area contributed by atoms with Crippen molar-refractivity contribution in [3.05, 3.63) is 53.6 Å². The average Bonchev–Trinajstić information content (AvgIpc) is 2.67. The van der Waals surface area contributed by atoms with Crippen molar-refractivity contribution in [2.24, 2.45) is 0 Å². The topological polar surface area (TPSA) is 75.7 Å². The maximum Gasteiger partial charge on any atom is 0.268 e. The molecule has 0 aliphatic heterocycles. The first-order valence-corrected chi connectivity index (χ1v) is 11.2. The molecule has 0 aliphatic rings. The maximum atomic E-state index is 13.6. The van der Waals surface area contributed by atoms with Crippen molar-refractivity contribution in [3.63, 3.8) is 0 Å². The number of benzene rings is 2. The van der Waals surface area contributed by atoms with Crippen LogP contribution in [0, 0.1) is 13.8 Å². The molecule has 0 saturated heterocycles. The van der Waals surface area contributed by atoms with Crippen molar-refractivity contribution < 1.29 is 17.9 Å². The number of carbonyl (C=O) groups excluding carboxylic acids is 1. The molecule has 0 spiro atoms. The summed E-state index contributed by atoms with van der Waals surface area (Å²) in [5.41, 5.74) is 2.21. The summed E-state index contributed by atoms with van der Waals surface area (Å²) >= 11 is 0. The van der Waals surface area contributed by atoms with Gasteiger partial charge >= 0.3 is 0 Å². The number of ether oxygens (including phenoxy) is 1. The summed E-state index contributed by atoms with van der Waals surface area (Å²) in [5.74, 6) is -0.103. The van der Waals surface area contributed by atoms with Crippen LogP contribution in [0.4, 0.5) is 5.69 Å². The predicted molar refractivity (Wildman–Crippen MR) is 116 cm³/mol. The SMILES string of the molecule is CCC[C@@H](C)NC(=O)CN(c1ccc(C)cc1)S(=O)(=O)c1cc(C)ccc1OC. The van der Waals surface area contributed by atoms with Crippen molar-refractivity contribution in [3.8, 4) is 5.75 Å². The fourth-order valence-corrected chi connectivity index (χ4v) is 4.75. The Balaban J connectivity index is 2.48. The third kappa shape index (κ3) is 5.73. The van der Waals surface area contributed by atoms with E-state index in [9.17, 15) is 13.2 Å². The first-order valence-electron chi connectivity index (χ1n) is 9.72. The molecule has 0 bridgehead atoms. The number of carbonyl (C=O) groups is 1. The highest BCUT2D eigenvalue weighted by Crippen LogP contribution is 2.31. The number of sulfonamides is 1. The number of aryl methyl sites for hydroxylation is 2. The molecule has 0 radical (unpaired) electrons. The second-order valence-electron chi connectivity index (χ2n) is 7.26. The Morgan fingerprint density at radius 2 is 1.72 bits per heavy atom. The van der Waals surface area contributed by atoms with E-state index in [4.69, 9.17) is 4.74 Å². The first-order chi connectivity index (χ1) is 13.7. The fraction of sp³-hybridized carbons (Fsp3) is 0.409. The molecule has 0 heterocycles. The predicted octanol–water partition coefficient (Wildman–Crippen LogP) is 3.81. The number of anilines is 1. The highest BCUT2D eigenvalue weighted by molar-refractivity contribution is 7.93. The molecule has 0 fully saturated rings. The molecule has 7 heteroatoms. The van der Waals surface area contributed by atoms with Crippen molar-refractivity contribution in [1.29, 1.82) is 0 Å². The van der Waals surface area contributed by atoms with Crippen molar-refractivity contribution in [2.45, 2.75) is 51.5 Å². The van der Waals surface area contributed by atoms with Crippen LogP contribution in [-0.4, -0.2) is 34.0 Å². The van der Waals surface area contributed by atoms with Crippen LogP contribution in [0.5, 0.6) is 5.75 Å². The van der Waals surface area contributed by atoms with E-state index in [0.29, 0.717) is 5.69 Å². The molecule has 2 aromatic carbocycles. The minimum atomic E-state index is -4.03. The summed E-state index contributed by atoms with van der Waals surface area (Å²) < 4.78 is 33.5. The minimum Gasteiger partial charge on any atom is -0.495 e. The number of methoxy groups -OCH3 is 1. The highest BCUT2D eigenvalue weighted by atomic mass is 32.2. The van der Waals surface area contributed by atoms with Gasteiger partial charge in [-0.05, 0) is 57.0 Å². The molecule has 1 N–H and O–H groups in total. The van der Waals surface area contributed by atoms with E-state index in [1.807, 2.05) is 39.8 Å². The molecule has 0 aliphatic carbocycles. The molecule has 0 saturated carbocycles. The second kappa shape index (κ2) is 9.78. The summed E-state index contributed by atoms with van der Waals surface area (Å²) in [6.07, 6.45) is 1.76. The zero-order valence-corrected chi connectivity index (χ0v) is 18.5. The van der Waals surface area contributed by atoms with E-state index in [1.54, 1.807) is 30.3 Å². The van der Waals surface area contributed by atoms with Crippen LogP contribution < -0.4 is 14.4 Å². The van der Waals surface area contributed by atoms with Crippen LogP contribution in [0.25, 0.3) is 0 Å². The lowest BCUT2D eigenvalue weighted by Gasteiger charge is -2.26. The zero-order valence-electron chi connectivity index (χ0n) is 17.7. The Labute approximate surface area is 173 Å². The van der Waals surface area contributed by atoms with Crippen LogP contribution in [0.2, 0.25) is 0 Å². The Morgan fingerprint density at radius 3 is 2.31 bits per heavy atom. The van der Waals surface area contributed by atoms with E-state index < -0.39 is 10.0 Å². The van der Waals surface area contributed by atoms with Gasteiger partial charge in [-0.25, -0.2) is 8.42 Å². The van der Waals surface area contributed by atoms with Gasteiger partial charge in [-0.2, -0.15) is 0 Å². The standard InChI is InChI=1S/C22H30N2O4S/c1-6-7-18(4)23-22(25)15-24(19-11-8-16(2)9-12-19)29(26,27)21-14-17(3)10-13-20(21)28-5/h8-14,18H,6-7,15H2,1-5H3,(H,23,25)/t18-/m1/s1. The third-order valence-electron chi connectivity index (χ3n) is 4.63. The number of hydrogen-bond donors (Lipinski definition) is 1. The van der Waals surface area contributed by atoms with E-state index in [0.717, 1.165) is 28.3 Å². The van der Waals surface area contributed by atoms with Gasteiger partial charge in [0.05, 0.1) is 12.8 Å². The van der Waals surface area contributed by atoms with Crippen LogP contribution in [-0.2, 0) is 14.8 Å². The molecule has 6 nitrogen and oxygen atoms in total. The third-order valence-corrected chi connectivity index (χ3v) is 6.42. The van der Waals surface area contributed by atoms with Gasteiger partial charge in [-0.1, -0.05) is 37.1 Å². The second-order valence-corrected chi connectivity index (χ2v) is 9.09. The van der Waals surface area contributed by atoms with Gasteiger partial charge in [0.15, 0.2) is 0 Å². The number of nitrogens with zero attached hydrogens (tertiary/aromatic N) is 1. The number of amides is 1. The summed E-state index contributed by atoms with van der Waals surface area (Å²) in [6, 6.07) is 12.0. The molecule has 0 aromatic heterocycles. The monoisotopic (exact) mass is 418 g/mol. The summed E-state index contributed by atoms with van der Waals surface area (Å²) in [4.78, 5) is 12.7. The lowest BCUT2D eigenvalue weighted by atomic mass is 10.2. The quantitative estimate of drug-likeness (QED) is 0.672. The van der Waals surface area contributed by atoms with Gasteiger partial charge in [0, 0.05) is 6.04 Å². The molecule has 29 heavy (non-hydrogen) atoms. The van der Waals surface area contributed by atoms with Gasteiger partial charge in [-0.15, -0.1) is 0 Å². The zero-order chi connectivity index (χ0) is 21.6. The van der Waals surface area contributed by atoms with Gasteiger partial charge in [-0.3, -0.25) is 9.10 Å². The van der Waals surface area contributed by atoms with Crippen LogP contribution in [0.1, 0.15) is 37.8 Å². The molecule has 2 aromatic rings. The summed E-state index contributed by atoms with van der Waals surface area (Å²) in [5, 5.41) is 2.88. The molecule has 1 atom stereocenters. The molecule has 2 rings (SSSR count). The van der Waals surface area contributed by atoms with Crippen molar-refractivity contribution in [2.75, 3.05) is 18.0 Å². The van der Waals surface area contributed by atoms with Gasteiger partial charge in [0.1, 0.15) is 17.2 Å². The fourth-order valence-electron chi connectivity index (χ4n) is 3.09. The van der Waals surface area contributed by atoms with Crippen molar-refractivity contribution in [1.82, 2.24) is 5.32 Å². The summed E-state index contributed by atoms with van der Waals surface area (Å²) in [6.45, 7) is 7.38.